The zero-order valence-electron chi connectivity index (χ0n) is 17.9. The Kier molecular flexibility index (Phi) is 6.34. The zero-order chi connectivity index (χ0) is 22.7. The third-order valence-electron chi connectivity index (χ3n) is 5.55. The Morgan fingerprint density at radius 1 is 1.00 bits per heavy atom. The van der Waals surface area contributed by atoms with Crippen molar-refractivity contribution in [3.05, 3.63) is 77.4 Å². The lowest BCUT2D eigenvalue weighted by Gasteiger charge is -2.24. The fourth-order valence-electron chi connectivity index (χ4n) is 3.93. The fourth-order valence-corrected chi connectivity index (χ4v) is 3.93. The van der Waals surface area contributed by atoms with Crippen LogP contribution in [0.25, 0.3) is 0 Å². The first-order valence-electron chi connectivity index (χ1n) is 10.6. The van der Waals surface area contributed by atoms with Gasteiger partial charge in [0.1, 0.15) is 12.4 Å². The van der Waals surface area contributed by atoms with Gasteiger partial charge < -0.3 is 20.8 Å². The van der Waals surface area contributed by atoms with Crippen LogP contribution in [0.2, 0.25) is 0 Å². The van der Waals surface area contributed by atoms with Gasteiger partial charge in [-0.25, -0.2) is 9.13 Å². The molecule has 0 saturated carbocycles. The van der Waals surface area contributed by atoms with Gasteiger partial charge in [-0.15, -0.1) is 0 Å². The van der Waals surface area contributed by atoms with E-state index in [-0.39, 0.29) is 18.1 Å². The lowest BCUT2D eigenvalue weighted by Crippen LogP contribution is -2.32. The average molecular weight is 436 g/mol. The molecule has 0 saturated heterocycles. The van der Waals surface area contributed by atoms with E-state index >= 15 is 0 Å². The van der Waals surface area contributed by atoms with Crippen LogP contribution in [0.3, 0.4) is 0 Å². The van der Waals surface area contributed by atoms with Crippen molar-refractivity contribution in [3.8, 4) is 0 Å². The Morgan fingerprint density at radius 2 is 1.62 bits per heavy atom. The molecule has 0 bridgehead atoms. The van der Waals surface area contributed by atoms with Crippen LogP contribution in [-0.2, 0) is 13.6 Å². The van der Waals surface area contributed by atoms with E-state index in [0.717, 1.165) is 13.0 Å². The Labute approximate surface area is 186 Å². The number of hydrogen-bond acceptors (Lipinski definition) is 6. The minimum Gasteiger partial charge on any atom is -0.394 e. The Hall–Kier alpha value is -3.49. The predicted molar refractivity (Wildman–Crippen MR) is 120 cm³/mol. The number of aryl methyl sites for hydroxylation is 2. The van der Waals surface area contributed by atoms with Crippen LogP contribution in [0.5, 0.6) is 0 Å². The molecule has 166 valence electrons. The van der Waals surface area contributed by atoms with Crippen molar-refractivity contribution < 1.29 is 24.4 Å². The third kappa shape index (κ3) is 4.28. The summed E-state index contributed by atoms with van der Waals surface area (Å²) in [6.45, 7) is 1.12. The number of imidazole rings is 1. The number of ketones is 2. The predicted octanol–water partition coefficient (Wildman–Crippen LogP) is 1.36. The van der Waals surface area contributed by atoms with E-state index in [1.165, 1.54) is 0 Å². The Bertz CT molecular complexity index is 1150. The van der Waals surface area contributed by atoms with Crippen molar-refractivity contribution in [3.63, 3.8) is 0 Å². The molecule has 0 fully saturated rings. The molecule has 8 nitrogen and oxygen atoms in total. The summed E-state index contributed by atoms with van der Waals surface area (Å²) < 4.78 is 4.06. The van der Waals surface area contributed by atoms with Crippen molar-refractivity contribution in [2.24, 2.45) is 7.05 Å². The first-order valence-corrected chi connectivity index (χ1v) is 10.6. The molecule has 1 aliphatic rings. The summed E-state index contributed by atoms with van der Waals surface area (Å²) in [5.74, 6) is -0.443. The monoisotopic (exact) mass is 435 g/mol. The topological polar surface area (TPSA) is 107 Å². The molecule has 2 aromatic carbocycles. The summed E-state index contributed by atoms with van der Waals surface area (Å²) in [5.41, 5.74) is 2.46. The zero-order valence-corrected chi connectivity index (χ0v) is 17.9. The number of fused-ring (bicyclic) bond motifs is 2. The molecule has 1 aromatic heterocycles. The van der Waals surface area contributed by atoms with Gasteiger partial charge in [-0.05, 0) is 12.1 Å². The van der Waals surface area contributed by atoms with Crippen LogP contribution < -0.4 is 15.2 Å². The lowest BCUT2D eigenvalue weighted by molar-refractivity contribution is -0.696. The Balaban J connectivity index is 1.61. The molecule has 1 heterocycles. The first kappa shape index (κ1) is 21.7. The molecule has 1 atom stereocenters. The second kappa shape index (κ2) is 9.33. The number of aromatic nitrogens is 2. The van der Waals surface area contributed by atoms with Crippen molar-refractivity contribution in [2.45, 2.75) is 19.1 Å². The number of nitrogens with one attached hydrogen (secondary N) is 2. The average Bonchev–Trinajstić information content (AvgIpc) is 3.23. The molecule has 4 N–H and O–H groups in total. The number of aliphatic hydroxyl groups excluding tert-OH is 2. The molecule has 4 rings (SSSR count). The minimum absolute atomic E-state index is 0.0626. The molecular formula is C24H27N4O4+. The van der Waals surface area contributed by atoms with E-state index in [4.69, 9.17) is 5.11 Å². The fraction of sp³-hybridized carbons (Fsp3) is 0.292. The molecule has 0 radical (unpaired) electrons. The number of carbonyl (C=O) groups excluding carboxylic acids is 2. The minimum atomic E-state index is -0.972. The molecule has 1 aliphatic carbocycles. The summed E-state index contributed by atoms with van der Waals surface area (Å²) in [5, 5.41) is 25.1. The van der Waals surface area contributed by atoms with Crippen molar-refractivity contribution in [1.82, 2.24) is 4.57 Å². The standard InChI is InChI=1S/C24H26N4O4/c1-27-11-12-28(15-27)10-4-9-25-19-7-8-20(26-13-16(30)14-29)22-21(19)23(31)17-5-2-3-6-18(17)24(22)32/h2-3,5-8,11-12,15-16,29-30H,4,9-10,13-14H2,1H3,(H-,25,26,31,32)/p+1. The number of aliphatic hydroxyl groups is 2. The van der Waals surface area contributed by atoms with Crippen LogP contribution >= 0.6 is 0 Å². The highest BCUT2D eigenvalue weighted by Gasteiger charge is 2.33. The number of carbonyl (C=O) groups is 2. The molecule has 32 heavy (non-hydrogen) atoms. The molecule has 1 unspecified atom stereocenters. The molecule has 0 spiro atoms. The van der Waals surface area contributed by atoms with Gasteiger partial charge in [0.05, 0.1) is 37.4 Å². The molecule has 0 amide bonds. The smallest absolute Gasteiger partial charge is 0.243 e. The second-order valence-electron chi connectivity index (χ2n) is 7.93. The first-order chi connectivity index (χ1) is 15.5. The summed E-state index contributed by atoms with van der Waals surface area (Å²) in [6.07, 6.45) is 5.85. The second-order valence-corrected chi connectivity index (χ2v) is 7.93. The third-order valence-corrected chi connectivity index (χ3v) is 5.55. The maximum absolute atomic E-state index is 13.4. The maximum atomic E-state index is 13.4. The number of anilines is 2. The van der Waals surface area contributed by atoms with Gasteiger partial charge in [0.15, 0.2) is 11.6 Å². The van der Waals surface area contributed by atoms with E-state index in [0.29, 0.717) is 40.2 Å². The highest BCUT2D eigenvalue weighted by atomic mass is 16.3. The summed E-state index contributed by atoms with van der Waals surface area (Å²) in [7, 11) is 1.97. The van der Waals surface area contributed by atoms with E-state index in [1.807, 2.05) is 30.3 Å². The number of hydrogen-bond donors (Lipinski definition) is 4. The van der Waals surface area contributed by atoms with Crippen molar-refractivity contribution in [1.29, 1.82) is 0 Å². The van der Waals surface area contributed by atoms with Crippen molar-refractivity contribution >= 4 is 22.9 Å². The van der Waals surface area contributed by atoms with Gasteiger partial charge in [0, 0.05) is 42.0 Å². The van der Waals surface area contributed by atoms with E-state index in [9.17, 15) is 14.7 Å². The largest absolute Gasteiger partial charge is 0.394 e. The van der Waals surface area contributed by atoms with Gasteiger partial charge in [-0.2, -0.15) is 0 Å². The van der Waals surface area contributed by atoms with E-state index < -0.39 is 12.7 Å². The highest BCUT2D eigenvalue weighted by Crippen LogP contribution is 2.36. The van der Waals surface area contributed by atoms with Gasteiger partial charge in [0.2, 0.25) is 6.33 Å². The quantitative estimate of drug-likeness (QED) is 0.234. The lowest BCUT2D eigenvalue weighted by atomic mass is 9.82. The van der Waals surface area contributed by atoms with Crippen LogP contribution in [0.1, 0.15) is 38.3 Å². The van der Waals surface area contributed by atoms with E-state index in [1.54, 1.807) is 36.4 Å². The van der Waals surface area contributed by atoms with Crippen molar-refractivity contribution in [2.75, 3.05) is 30.3 Å². The van der Waals surface area contributed by atoms with E-state index in [2.05, 4.69) is 15.2 Å². The number of rotatable bonds is 9. The molecule has 0 aliphatic heterocycles. The van der Waals surface area contributed by atoms with Gasteiger partial charge in [-0.3, -0.25) is 9.59 Å². The van der Waals surface area contributed by atoms with Gasteiger partial charge in [0.25, 0.3) is 0 Å². The summed E-state index contributed by atoms with van der Waals surface area (Å²) in [6, 6.07) is 10.3. The van der Waals surface area contributed by atoms with Crippen LogP contribution in [0.15, 0.2) is 55.1 Å². The van der Waals surface area contributed by atoms with Crippen LogP contribution in [0, 0.1) is 0 Å². The highest BCUT2D eigenvalue weighted by molar-refractivity contribution is 6.31. The summed E-state index contributed by atoms with van der Waals surface area (Å²) in [4.78, 5) is 26.7. The number of nitrogens with zero attached hydrogens (tertiary/aromatic N) is 2. The van der Waals surface area contributed by atoms with Gasteiger partial charge >= 0.3 is 0 Å². The maximum Gasteiger partial charge on any atom is 0.243 e. The van der Waals surface area contributed by atoms with Crippen LogP contribution in [-0.4, -0.2) is 52.1 Å². The normalized spacial score (nSPS) is 13.5. The van der Waals surface area contributed by atoms with Gasteiger partial charge in [-0.1, -0.05) is 24.3 Å². The SMILES string of the molecule is Cn1cc[n+](CCCNc2ccc(NCC(O)CO)c3c2C(=O)c2ccccc2C3=O)c1. The van der Waals surface area contributed by atoms with Crippen LogP contribution in [0.4, 0.5) is 11.4 Å². The number of benzene rings is 2. The molecular weight excluding hydrogens is 408 g/mol. The molecule has 3 aromatic rings. The summed E-state index contributed by atoms with van der Waals surface area (Å²) >= 11 is 0. The molecule has 8 heteroatoms. The Morgan fingerprint density at radius 3 is 2.19 bits per heavy atom.